The number of carbonyl (C=O) groups excluding carboxylic acids is 2. The number of nitrogens with one attached hydrogen (secondary N) is 1. The first-order valence-corrected chi connectivity index (χ1v) is 6.94. The van der Waals surface area contributed by atoms with Crippen LogP contribution in [0.3, 0.4) is 0 Å². The van der Waals surface area contributed by atoms with Crippen LogP contribution in [0, 0.1) is 0 Å². The first-order valence-electron chi connectivity index (χ1n) is 6.94. The molecule has 1 amide bonds. The Kier molecular flexibility index (Phi) is 4.20. The van der Waals surface area contributed by atoms with E-state index in [0.717, 1.165) is 0 Å². The van der Waals surface area contributed by atoms with Gasteiger partial charge in [0.2, 0.25) is 5.76 Å². The molecule has 0 bridgehead atoms. The summed E-state index contributed by atoms with van der Waals surface area (Å²) in [7, 11) is 0. The van der Waals surface area contributed by atoms with E-state index in [1.807, 2.05) is 6.07 Å². The zero-order chi connectivity index (χ0) is 16.1. The molecule has 1 N–H and O–H groups in total. The Morgan fingerprint density at radius 2 is 1.74 bits per heavy atom. The highest BCUT2D eigenvalue weighted by atomic mass is 16.5. The Morgan fingerprint density at radius 3 is 2.48 bits per heavy atom. The minimum Gasteiger partial charge on any atom is -0.457 e. The van der Waals surface area contributed by atoms with Crippen molar-refractivity contribution in [3.8, 4) is 5.75 Å². The maximum atomic E-state index is 12.1. The molecule has 3 rings (SSSR count). The number of rotatable bonds is 4. The Balaban J connectivity index is 1.70. The fraction of sp³-hybridized carbons (Fsp3) is 0. The van der Waals surface area contributed by atoms with Crippen LogP contribution >= 0.6 is 0 Å². The molecule has 0 saturated heterocycles. The van der Waals surface area contributed by atoms with Crippen molar-refractivity contribution >= 4 is 17.6 Å². The molecule has 5 nitrogen and oxygen atoms in total. The molecular weight excluding hydrogens is 294 g/mol. The summed E-state index contributed by atoms with van der Waals surface area (Å²) in [6.45, 7) is 0. The third-order valence-electron chi connectivity index (χ3n) is 3.06. The van der Waals surface area contributed by atoms with Gasteiger partial charge in [-0.05, 0) is 36.4 Å². The van der Waals surface area contributed by atoms with Crippen LogP contribution in [0.1, 0.15) is 20.9 Å². The van der Waals surface area contributed by atoms with Crippen molar-refractivity contribution in [2.24, 2.45) is 0 Å². The Morgan fingerprint density at radius 1 is 0.913 bits per heavy atom. The van der Waals surface area contributed by atoms with Crippen molar-refractivity contribution in [1.29, 1.82) is 0 Å². The van der Waals surface area contributed by atoms with E-state index in [0.29, 0.717) is 17.0 Å². The molecule has 0 spiro atoms. The van der Waals surface area contributed by atoms with E-state index in [2.05, 4.69) is 5.32 Å². The van der Waals surface area contributed by atoms with Crippen molar-refractivity contribution < 1.29 is 18.7 Å². The fourth-order valence-corrected chi connectivity index (χ4v) is 1.98. The summed E-state index contributed by atoms with van der Waals surface area (Å²) in [6, 6.07) is 18.6. The molecule has 0 unspecified atom stereocenters. The second-order valence-corrected chi connectivity index (χ2v) is 4.71. The lowest BCUT2D eigenvalue weighted by Crippen LogP contribution is -2.12. The predicted octanol–water partition coefficient (Wildman–Crippen LogP) is 3.75. The maximum Gasteiger partial charge on any atom is 0.379 e. The highest BCUT2D eigenvalue weighted by Gasteiger charge is 2.12. The highest BCUT2D eigenvalue weighted by Crippen LogP contribution is 2.19. The van der Waals surface area contributed by atoms with Gasteiger partial charge in [0.05, 0.1) is 6.26 Å². The number of amides is 1. The van der Waals surface area contributed by atoms with Gasteiger partial charge in [0.25, 0.3) is 5.91 Å². The summed E-state index contributed by atoms with van der Waals surface area (Å²) in [6.07, 6.45) is 1.40. The van der Waals surface area contributed by atoms with Crippen molar-refractivity contribution in [1.82, 2.24) is 0 Å². The van der Waals surface area contributed by atoms with Gasteiger partial charge in [-0.15, -0.1) is 0 Å². The average Bonchev–Trinajstić information content (AvgIpc) is 3.10. The van der Waals surface area contributed by atoms with Gasteiger partial charge in [-0.2, -0.15) is 0 Å². The van der Waals surface area contributed by atoms with Gasteiger partial charge >= 0.3 is 5.97 Å². The minimum atomic E-state index is -0.596. The van der Waals surface area contributed by atoms with Crippen molar-refractivity contribution in [3.05, 3.63) is 84.3 Å². The van der Waals surface area contributed by atoms with Crippen molar-refractivity contribution in [2.75, 3.05) is 5.32 Å². The molecule has 114 valence electrons. The monoisotopic (exact) mass is 307 g/mol. The lowest BCUT2D eigenvalue weighted by molar-refractivity contribution is 0.0701. The minimum absolute atomic E-state index is 0.115. The number of anilines is 1. The molecule has 1 heterocycles. The zero-order valence-electron chi connectivity index (χ0n) is 12.1. The molecule has 0 aliphatic rings. The molecule has 2 aromatic carbocycles. The maximum absolute atomic E-state index is 12.1. The molecule has 1 aromatic heterocycles. The summed E-state index contributed by atoms with van der Waals surface area (Å²) < 4.78 is 10.2. The van der Waals surface area contributed by atoms with E-state index in [-0.39, 0.29) is 11.7 Å². The molecule has 5 heteroatoms. The van der Waals surface area contributed by atoms with E-state index >= 15 is 0 Å². The summed E-state index contributed by atoms with van der Waals surface area (Å²) in [5, 5.41) is 2.75. The molecule has 0 saturated carbocycles. The second kappa shape index (κ2) is 6.62. The van der Waals surface area contributed by atoms with Crippen LogP contribution in [0.25, 0.3) is 0 Å². The Bertz CT molecular complexity index is 810. The summed E-state index contributed by atoms with van der Waals surface area (Å²) >= 11 is 0. The molecule has 0 aliphatic heterocycles. The van der Waals surface area contributed by atoms with E-state index in [1.54, 1.807) is 54.6 Å². The third kappa shape index (κ3) is 3.65. The van der Waals surface area contributed by atoms with Crippen molar-refractivity contribution in [2.45, 2.75) is 0 Å². The van der Waals surface area contributed by atoms with E-state index < -0.39 is 5.97 Å². The van der Waals surface area contributed by atoms with Gasteiger partial charge in [0, 0.05) is 17.3 Å². The first-order chi connectivity index (χ1) is 11.2. The molecule has 0 atom stereocenters. The fourth-order valence-electron chi connectivity index (χ4n) is 1.98. The number of hydrogen-bond donors (Lipinski definition) is 1. The smallest absolute Gasteiger partial charge is 0.379 e. The number of ether oxygens (including phenoxy) is 1. The number of benzene rings is 2. The summed E-state index contributed by atoms with van der Waals surface area (Å²) in [5.74, 6) is -0.400. The predicted molar refractivity (Wildman–Crippen MR) is 84.5 cm³/mol. The van der Waals surface area contributed by atoms with Crippen LogP contribution in [0.5, 0.6) is 5.75 Å². The number of esters is 1. The number of furan rings is 1. The van der Waals surface area contributed by atoms with Crippen LogP contribution in [-0.4, -0.2) is 11.9 Å². The van der Waals surface area contributed by atoms with Gasteiger partial charge in [-0.25, -0.2) is 4.79 Å². The van der Waals surface area contributed by atoms with Crippen LogP contribution in [-0.2, 0) is 0 Å². The normalized spacial score (nSPS) is 10.1. The molecular formula is C18H13NO4. The van der Waals surface area contributed by atoms with Gasteiger partial charge in [-0.1, -0.05) is 24.3 Å². The lowest BCUT2D eigenvalue weighted by atomic mass is 10.2. The molecule has 3 aromatic rings. The largest absolute Gasteiger partial charge is 0.457 e. The van der Waals surface area contributed by atoms with Gasteiger partial charge in [0.15, 0.2) is 0 Å². The molecule has 0 radical (unpaired) electrons. The van der Waals surface area contributed by atoms with E-state index in [1.165, 1.54) is 12.3 Å². The van der Waals surface area contributed by atoms with Crippen molar-refractivity contribution in [3.63, 3.8) is 0 Å². The summed E-state index contributed by atoms with van der Waals surface area (Å²) in [5.41, 5.74) is 1.08. The lowest BCUT2D eigenvalue weighted by Gasteiger charge is -2.07. The molecule has 23 heavy (non-hydrogen) atoms. The van der Waals surface area contributed by atoms with E-state index in [9.17, 15) is 9.59 Å². The van der Waals surface area contributed by atoms with Gasteiger partial charge in [0.1, 0.15) is 5.75 Å². The summed E-state index contributed by atoms with van der Waals surface area (Å²) in [4.78, 5) is 23.9. The Hall–Kier alpha value is -3.34. The first kappa shape index (κ1) is 14.6. The number of hydrogen-bond acceptors (Lipinski definition) is 4. The molecule has 0 fully saturated rings. The number of carbonyl (C=O) groups is 2. The highest BCUT2D eigenvalue weighted by molar-refractivity contribution is 6.04. The van der Waals surface area contributed by atoms with Gasteiger partial charge < -0.3 is 14.5 Å². The quantitative estimate of drug-likeness (QED) is 0.588. The Labute approximate surface area is 132 Å². The van der Waals surface area contributed by atoms with Crippen LogP contribution in [0.2, 0.25) is 0 Å². The standard InChI is InChI=1S/C18H13NO4/c20-17(13-6-2-1-3-7-13)19-14-8-4-9-15(12-14)23-18(21)16-10-5-11-22-16/h1-12H,(H,19,20). The van der Waals surface area contributed by atoms with Gasteiger partial charge in [-0.3, -0.25) is 4.79 Å². The topological polar surface area (TPSA) is 68.5 Å². The zero-order valence-corrected chi connectivity index (χ0v) is 12.1. The average molecular weight is 307 g/mol. The van der Waals surface area contributed by atoms with E-state index in [4.69, 9.17) is 9.15 Å². The van der Waals surface area contributed by atoms with Crippen LogP contribution < -0.4 is 10.1 Å². The molecule has 0 aliphatic carbocycles. The third-order valence-corrected chi connectivity index (χ3v) is 3.06. The van der Waals surface area contributed by atoms with Crippen LogP contribution in [0.15, 0.2) is 77.4 Å². The van der Waals surface area contributed by atoms with Crippen LogP contribution in [0.4, 0.5) is 5.69 Å². The SMILES string of the molecule is O=C(Nc1cccc(OC(=O)c2ccco2)c1)c1ccccc1. The second-order valence-electron chi connectivity index (χ2n) is 4.71.